The first-order valence-electron chi connectivity index (χ1n) is 5.37. The van der Waals surface area contributed by atoms with Gasteiger partial charge in [-0.1, -0.05) is 29.3 Å². The zero-order valence-corrected chi connectivity index (χ0v) is 10.9. The van der Waals surface area contributed by atoms with Crippen molar-refractivity contribution in [1.82, 2.24) is 10.2 Å². The molecule has 3 rings (SSSR count). The Morgan fingerprint density at radius 3 is 2.63 bits per heavy atom. The molecule has 0 N–H and O–H groups in total. The fraction of sp³-hybridized carbons (Fsp3) is 0. The Hall–Kier alpha value is -1.91. The second kappa shape index (κ2) is 4.64. The van der Waals surface area contributed by atoms with E-state index in [2.05, 4.69) is 10.2 Å². The molecular weight excluding hydrogens is 287 g/mol. The predicted molar refractivity (Wildman–Crippen MR) is 73.5 cm³/mol. The fourth-order valence-electron chi connectivity index (χ4n) is 1.72. The van der Waals surface area contributed by atoms with Gasteiger partial charge < -0.3 is 4.42 Å². The molecule has 0 radical (unpaired) electrons. The highest BCUT2D eigenvalue weighted by Crippen LogP contribution is 2.25. The first-order chi connectivity index (χ1) is 9.15. The maximum Gasteiger partial charge on any atom is 0.193 e. The zero-order valence-electron chi connectivity index (χ0n) is 9.43. The summed E-state index contributed by atoms with van der Waals surface area (Å²) in [6.07, 6.45) is 0. The van der Waals surface area contributed by atoms with E-state index in [1.54, 1.807) is 30.3 Å². The minimum absolute atomic E-state index is 0.185. The third-order valence-electron chi connectivity index (χ3n) is 2.59. The van der Waals surface area contributed by atoms with Gasteiger partial charge in [-0.25, -0.2) is 0 Å². The van der Waals surface area contributed by atoms with E-state index >= 15 is 0 Å². The molecule has 0 saturated heterocycles. The third-order valence-corrected chi connectivity index (χ3v) is 3.09. The number of fused-ring (bicyclic) bond motifs is 1. The number of hydrogen-bond donors (Lipinski definition) is 0. The van der Waals surface area contributed by atoms with Crippen LogP contribution in [0.2, 0.25) is 10.2 Å². The maximum atomic E-state index is 12.0. The van der Waals surface area contributed by atoms with Crippen molar-refractivity contribution in [3.63, 3.8) is 0 Å². The van der Waals surface area contributed by atoms with Gasteiger partial charge in [0, 0.05) is 6.07 Å². The number of rotatable bonds is 1. The van der Waals surface area contributed by atoms with Crippen molar-refractivity contribution in [3.05, 3.63) is 56.8 Å². The lowest BCUT2D eigenvalue weighted by atomic mass is 10.2. The van der Waals surface area contributed by atoms with Gasteiger partial charge in [0.1, 0.15) is 5.69 Å². The zero-order chi connectivity index (χ0) is 13.4. The average Bonchev–Trinajstić information content (AvgIpc) is 2.41. The molecule has 2 heterocycles. The van der Waals surface area contributed by atoms with Crippen molar-refractivity contribution in [2.75, 3.05) is 0 Å². The number of benzene rings is 1. The molecule has 3 aromatic rings. The van der Waals surface area contributed by atoms with Gasteiger partial charge in [-0.15, -0.1) is 10.2 Å². The maximum absolute atomic E-state index is 12.0. The Morgan fingerprint density at radius 2 is 1.89 bits per heavy atom. The second-order valence-electron chi connectivity index (χ2n) is 3.83. The van der Waals surface area contributed by atoms with Crippen LogP contribution < -0.4 is 5.43 Å². The van der Waals surface area contributed by atoms with E-state index in [9.17, 15) is 4.79 Å². The smallest absolute Gasteiger partial charge is 0.193 e. The lowest BCUT2D eigenvalue weighted by molar-refractivity contribution is 0.614. The number of aromatic nitrogens is 2. The van der Waals surface area contributed by atoms with Gasteiger partial charge in [0.25, 0.3) is 0 Å². The molecule has 0 saturated carbocycles. The normalized spacial score (nSPS) is 10.8. The SMILES string of the molecule is O=c1cc(-c2ccc(Cl)nn2)oc2c(Cl)cccc12. The third kappa shape index (κ3) is 2.20. The van der Waals surface area contributed by atoms with Crippen molar-refractivity contribution in [2.45, 2.75) is 0 Å². The molecule has 94 valence electrons. The van der Waals surface area contributed by atoms with E-state index in [0.29, 0.717) is 27.4 Å². The predicted octanol–water partition coefficient (Wildman–Crippen LogP) is 3.56. The Bertz CT molecular complexity index is 813. The van der Waals surface area contributed by atoms with Gasteiger partial charge in [-0.2, -0.15) is 0 Å². The van der Waals surface area contributed by atoms with Gasteiger partial charge >= 0.3 is 0 Å². The van der Waals surface area contributed by atoms with Crippen LogP contribution in [0.15, 0.2) is 45.6 Å². The van der Waals surface area contributed by atoms with Crippen molar-refractivity contribution in [1.29, 1.82) is 0 Å². The minimum atomic E-state index is -0.185. The Morgan fingerprint density at radius 1 is 1.05 bits per heavy atom. The number of halogens is 2. The molecule has 0 atom stereocenters. The van der Waals surface area contributed by atoms with Crippen LogP contribution in [-0.4, -0.2) is 10.2 Å². The van der Waals surface area contributed by atoms with Crippen LogP contribution in [-0.2, 0) is 0 Å². The molecule has 0 unspecified atom stereocenters. The summed E-state index contributed by atoms with van der Waals surface area (Å²) in [7, 11) is 0. The Labute approximate surface area is 117 Å². The molecule has 6 heteroatoms. The molecule has 0 fully saturated rings. The van der Waals surface area contributed by atoms with Crippen molar-refractivity contribution >= 4 is 34.2 Å². The summed E-state index contributed by atoms with van der Waals surface area (Å²) in [5.41, 5.74) is 0.572. The average molecular weight is 293 g/mol. The monoisotopic (exact) mass is 292 g/mol. The molecule has 0 aliphatic carbocycles. The summed E-state index contributed by atoms with van der Waals surface area (Å²) in [6.45, 7) is 0. The number of para-hydroxylation sites is 1. The molecule has 0 aliphatic heterocycles. The van der Waals surface area contributed by atoms with Crippen molar-refractivity contribution < 1.29 is 4.42 Å². The molecule has 19 heavy (non-hydrogen) atoms. The van der Waals surface area contributed by atoms with Crippen molar-refractivity contribution in [3.8, 4) is 11.5 Å². The van der Waals surface area contributed by atoms with E-state index in [-0.39, 0.29) is 10.6 Å². The van der Waals surface area contributed by atoms with Crippen LogP contribution in [0.5, 0.6) is 0 Å². The molecular formula is C13H6Cl2N2O2. The van der Waals surface area contributed by atoms with Gasteiger partial charge in [0.05, 0.1) is 10.4 Å². The van der Waals surface area contributed by atoms with E-state index in [1.165, 1.54) is 6.07 Å². The number of hydrogen-bond acceptors (Lipinski definition) is 4. The van der Waals surface area contributed by atoms with Crippen LogP contribution in [0.4, 0.5) is 0 Å². The van der Waals surface area contributed by atoms with Gasteiger partial charge in [0.2, 0.25) is 0 Å². The van der Waals surface area contributed by atoms with E-state index in [0.717, 1.165) is 0 Å². The first kappa shape index (κ1) is 12.1. The van der Waals surface area contributed by atoms with Crippen LogP contribution in [0.25, 0.3) is 22.4 Å². The quantitative estimate of drug-likeness (QED) is 0.688. The van der Waals surface area contributed by atoms with Crippen molar-refractivity contribution in [2.24, 2.45) is 0 Å². The fourth-order valence-corrected chi connectivity index (χ4v) is 2.03. The van der Waals surface area contributed by atoms with Gasteiger partial charge in [-0.05, 0) is 24.3 Å². The van der Waals surface area contributed by atoms with Crippen LogP contribution in [0, 0.1) is 0 Å². The summed E-state index contributed by atoms with van der Waals surface area (Å²) < 4.78 is 5.62. The van der Waals surface area contributed by atoms with E-state index in [4.69, 9.17) is 27.6 Å². The molecule has 0 spiro atoms. The van der Waals surface area contributed by atoms with E-state index < -0.39 is 0 Å². The van der Waals surface area contributed by atoms with Crippen LogP contribution >= 0.6 is 23.2 Å². The Kier molecular flexibility index (Phi) is 2.97. The summed E-state index contributed by atoms with van der Waals surface area (Å²) in [4.78, 5) is 12.0. The van der Waals surface area contributed by atoms with Crippen LogP contribution in [0.1, 0.15) is 0 Å². The molecule has 2 aromatic heterocycles. The summed E-state index contributed by atoms with van der Waals surface area (Å²) in [5.74, 6) is 0.301. The largest absolute Gasteiger partial charge is 0.453 e. The second-order valence-corrected chi connectivity index (χ2v) is 4.63. The highest BCUT2D eigenvalue weighted by Gasteiger charge is 2.10. The summed E-state index contributed by atoms with van der Waals surface area (Å²) in [5, 5.41) is 8.65. The molecule has 0 amide bonds. The molecule has 0 bridgehead atoms. The Balaban J connectivity index is 2.29. The standard InChI is InChI=1S/C13H6Cl2N2O2/c14-8-3-1-2-7-10(18)6-11(19-13(7)8)9-4-5-12(15)17-16-9/h1-6H. The topological polar surface area (TPSA) is 56.0 Å². The van der Waals surface area contributed by atoms with Gasteiger partial charge in [-0.3, -0.25) is 4.79 Å². The minimum Gasteiger partial charge on any atom is -0.453 e. The lowest BCUT2D eigenvalue weighted by Crippen LogP contribution is -2.01. The van der Waals surface area contributed by atoms with Crippen LogP contribution in [0.3, 0.4) is 0 Å². The van der Waals surface area contributed by atoms with E-state index in [1.807, 2.05) is 0 Å². The molecule has 0 aliphatic rings. The first-order valence-corrected chi connectivity index (χ1v) is 6.13. The lowest BCUT2D eigenvalue weighted by Gasteiger charge is -2.03. The highest BCUT2D eigenvalue weighted by atomic mass is 35.5. The van der Waals surface area contributed by atoms with Gasteiger partial charge in [0.15, 0.2) is 21.9 Å². The summed E-state index contributed by atoms with van der Waals surface area (Å²) >= 11 is 11.7. The molecule has 1 aromatic carbocycles. The molecule has 4 nitrogen and oxygen atoms in total. The number of nitrogens with zero attached hydrogens (tertiary/aromatic N) is 2. The summed E-state index contributed by atoms with van der Waals surface area (Å²) in [6, 6.07) is 9.56. The highest BCUT2D eigenvalue weighted by molar-refractivity contribution is 6.34.